The number of likely N-dealkylation sites (tertiary alicyclic amines) is 2. The van der Waals surface area contributed by atoms with Gasteiger partial charge in [-0.1, -0.05) is 30.3 Å². The Morgan fingerprint density at radius 3 is 2.64 bits per heavy atom. The van der Waals surface area contributed by atoms with E-state index in [9.17, 15) is 4.79 Å². The van der Waals surface area contributed by atoms with Crippen molar-refractivity contribution < 1.29 is 4.79 Å². The average molecular weight is 298 g/mol. The van der Waals surface area contributed by atoms with Crippen LogP contribution in [0.1, 0.15) is 37.7 Å². The minimum absolute atomic E-state index is 0.383. The second-order valence-corrected chi connectivity index (χ2v) is 7.66. The number of hydrogen-bond acceptors (Lipinski definition) is 2. The number of hydrogen-bond donors (Lipinski definition) is 0. The zero-order valence-electron chi connectivity index (χ0n) is 13.3. The maximum atomic E-state index is 12.3. The molecule has 1 saturated carbocycles. The summed E-state index contributed by atoms with van der Waals surface area (Å²) in [5, 5.41) is 0. The highest BCUT2D eigenvalue weighted by Crippen LogP contribution is 2.41. The molecule has 3 aliphatic rings. The molecule has 0 radical (unpaired) electrons. The maximum Gasteiger partial charge on any atom is 0.222 e. The number of nitrogens with zero attached hydrogens (tertiary/aromatic N) is 2. The minimum Gasteiger partial charge on any atom is -0.342 e. The molecule has 1 aromatic rings. The van der Waals surface area contributed by atoms with E-state index < -0.39 is 0 Å². The van der Waals surface area contributed by atoms with Gasteiger partial charge in [0.1, 0.15) is 0 Å². The summed E-state index contributed by atoms with van der Waals surface area (Å²) in [6, 6.07) is 10.7. The summed E-state index contributed by atoms with van der Waals surface area (Å²) in [7, 11) is 0. The van der Waals surface area contributed by atoms with E-state index in [1.165, 1.54) is 37.8 Å². The fraction of sp³-hybridized carbons (Fsp3) is 0.632. The van der Waals surface area contributed by atoms with Gasteiger partial charge in [0.2, 0.25) is 5.91 Å². The number of benzene rings is 1. The molecule has 0 N–H and O–H groups in total. The number of carbonyl (C=O) groups is 1. The second-order valence-electron chi connectivity index (χ2n) is 7.66. The van der Waals surface area contributed by atoms with Crippen LogP contribution in [0.3, 0.4) is 0 Å². The van der Waals surface area contributed by atoms with Crippen molar-refractivity contribution in [1.82, 2.24) is 9.80 Å². The average Bonchev–Trinajstić information content (AvgIpc) is 3.11. The van der Waals surface area contributed by atoms with Crippen molar-refractivity contribution in [2.24, 2.45) is 11.3 Å². The van der Waals surface area contributed by atoms with Gasteiger partial charge in [-0.05, 0) is 43.7 Å². The molecule has 1 atom stereocenters. The molecule has 1 aromatic carbocycles. The zero-order chi connectivity index (χ0) is 15.0. The van der Waals surface area contributed by atoms with Gasteiger partial charge in [-0.3, -0.25) is 9.69 Å². The molecule has 3 heteroatoms. The van der Waals surface area contributed by atoms with Gasteiger partial charge in [-0.25, -0.2) is 0 Å². The Morgan fingerprint density at radius 2 is 1.86 bits per heavy atom. The van der Waals surface area contributed by atoms with Crippen LogP contribution < -0.4 is 0 Å². The molecule has 3 nitrogen and oxygen atoms in total. The molecule has 1 aliphatic carbocycles. The van der Waals surface area contributed by atoms with Crippen LogP contribution in [-0.4, -0.2) is 41.9 Å². The van der Waals surface area contributed by atoms with Crippen LogP contribution in [0.25, 0.3) is 0 Å². The molecule has 2 aliphatic heterocycles. The Labute approximate surface area is 133 Å². The summed E-state index contributed by atoms with van der Waals surface area (Å²) in [4.78, 5) is 17.1. The van der Waals surface area contributed by atoms with E-state index in [4.69, 9.17) is 0 Å². The Kier molecular flexibility index (Phi) is 3.69. The zero-order valence-corrected chi connectivity index (χ0v) is 13.3. The van der Waals surface area contributed by atoms with Crippen LogP contribution in [0, 0.1) is 11.3 Å². The lowest BCUT2D eigenvalue weighted by molar-refractivity contribution is -0.130. The van der Waals surface area contributed by atoms with Gasteiger partial charge in [0.15, 0.2) is 0 Å². The molecule has 2 saturated heterocycles. The van der Waals surface area contributed by atoms with Crippen LogP contribution in [0.4, 0.5) is 0 Å². The summed E-state index contributed by atoms with van der Waals surface area (Å²) in [6.45, 7) is 5.39. The molecule has 2 heterocycles. The molecule has 118 valence electrons. The van der Waals surface area contributed by atoms with Crippen LogP contribution >= 0.6 is 0 Å². The summed E-state index contributed by atoms with van der Waals surface area (Å²) in [5.74, 6) is 1.13. The van der Waals surface area contributed by atoms with Crippen molar-refractivity contribution in [3.05, 3.63) is 35.9 Å². The van der Waals surface area contributed by atoms with Crippen molar-refractivity contribution in [1.29, 1.82) is 0 Å². The van der Waals surface area contributed by atoms with E-state index in [1.54, 1.807) is 0 Å². The van der Waals surface area contributed by atoms with Crippen LogP contribution in [-0.2, 0) is 11.3 Å². The third-order valence-electron chi connectivity index (χ3n) is 5.72. The first-order valence-corrected chi connectivity index (χ1v) is 8.77. The predicted octanol–water partition coefficient (Wildman–Crippen LogP) is 2.91. The number of rotatable bonds is 4. The smallest absolute Gasteiger partial charge is 0.222 e. The molecule has 0 aromatic heterocycles. The summed E-state index contributed by atoms with van der Waals surface area (Å²) >= 11 is 0. The van der Waals surface area contributed by atoms with E-state index in [0.717, 1.165) is 32.6 Å². The first-order chi connectivity index (χ1) is 10.7. The number of carbonyl (C=O) groups excluding carboxylic acids is 1. The minimum atomic E-state index is 0.383. The van der Waals surface area contributed by atoms with Gasteiger partial charge in [0.05, 0.1) is 0 Å². The SMILES string of the molecule is O=C(CC1CC1)N1CCC2(CCN(Cc3ccccc3)C2)C1. The van der Waals surface area contributed by atoms with Gasteiger partial charge in [0, 0.05) is 38.0 Å². The van der Waals surface area contributed by atoms with E-state index in [2.05, 4.69) is 40.1 Å². The van der Waals surface area contributed by atoms with Crippen molar-refractivity contribution in [2.75, 3.05) is 26.2 Å². The van der Waals surface area contributed by atoms with Gasteiger partial charge >= 0.3 is 0 Å². The topological polar surface area (TPSA) is 23.6 Å². The van der Waals surface area contributed by atoms with Crippen LogP contribution in [0.5, 0.6) is 0 Å². The fourth-order valence-electron chi connectivity index (χ4n) is 4.18. The van der Waals surface area contributed by atoms with E-state index in [0.29, 0.717) is 17.2 Å². The second kappa shape index (κ2) is 5.69. The van der Waals surface area contributed by atoms with E-state index >= 15 is 0 Å². The maximum absolute atomic E-state index is 12.3. The highest BCUT2D eigenvalue weighted by Gasteiger charge is 2.44. The quantitative estimate of drug-likeness (QED) is 0.853. The summed E-state index contributed by atoms with van der Waals surface area (Å²) < 4.78 is 0. The van der Waals surface area contributed by atoms with Crippen molar-refractivity contribution in [3.8, 4) is 0 Å². The largest absolute Gasteiger partial charge is 0.342 e. The van der Waals surface area contributed by atoms with E-state index in [1.807, 2.05) is 0 Å². The Bertz CT molecular complexity index is 540. The van der Waals surface area contributed by atoms with Crippen molar-refractivity contribution in [3.63, 3.8) is 0 Å². The molecule has 22 heavy (non-hydrogen) atoms. The standard InChI is InChI=1S/C19H26N2O/c22-18(12-16-6-7-16)21-11-9-19(15-21)8-10-20(14-19)13-17-4-2-1-3-5-17/h1-5,16H,6-15H2. The monoisotopic (exact) mass is 298 g/mol. The molecule has 1 spiro atoms. The van der Waals surface area contributed by atoms with Gasteiger partial charge in [-0.2, -0.15) is 0 Å². The van der Waals surface area contributed by atoms with Crippen LogP contribution in [0.15, 0.2) is 30.3 Å². The highest BCUT2D eigenvalue weighted by atomic mass is 16.2. The molecular formula is C19H26N2O. The van der Waals surface area contributed by atoms with Gasteiger partial charge in [-0.15, -0.1) is 0 Å². The summed E-state index contributed by atoms with van der Waals surface area (Å²) in [5.41, 5.74) is 1.78. The molecule has 1 unspecified atom stereocenters. The van der Waals surface area contributed by atoms with Crippen molar-refractivity contribution in [2.45, 2.75) is 38.6 Å². The highest BCUT2D eigenvalue weighted by molar-refractivity contribution is 5.77. The van der Waals surface area contributed by atoms with Gasteiger partial charge in [0.25, 0.3) is 0 Å². The molecule has 0 bridgehead atoms. The lowest BCUT2D eigenvalue weighted by Gasteiger charge is -2.25. The lowest BCUT2D eigenvalue weighted by Crippen LogP contribution is -2.34. The van der Waals surface area contributed by atoms with Gasteiger partial charge < -0.3 is 4.90 Å². The van der Waals surface area contributed by atoms with E-state index in [-0.39, 0.29) is 0 Å². The Hall–Kier alpha value is -1.35. The Morgan fingerprint density at radius 1 is 1.09 bits per heavy atom. The van der Waals surface area contributed by atoms with Crippen LogP contribution in [0.2, 0.25) is 0 Å². The summed E-state index contributed by atoms with van der Waals surface area (Å²) in [6.07, 6.45) is 5.82. The first-order valence-electron chi connectivity index (χ1n) is 8.77. The normalized spacial score (nSPS) is 28.6. The Balaban J connectivity index is 1.33. The fourth-order valence-corrected chi connectivity index (χ4v) is 4.18. The predicted molar refractivity (Wildman–Crippen MR) is 87.3 cm³/mol. The lowest BCUT2D eigenvalue weighted by atomic mass is 9.86. The third-order valence-corrected chi connectivity index (χ3v) is 5.72. The van der Waals surface area contributed by atoms with Crippen molar-refractivity contribution >= 4 is 5.91 Å². The third kappa shape index (κ3) is 3.05. The molecular weight excluding hydrogens is 272 g/mol. The molecule has 1 amide bonds. The first kappa shape index (κ1) is 14.3. The molecule has 3 fully saturated rings. The number of amides is 1. The molecule has 4 rings (SSSR count).